The number of amides is 2. The fraction of sp³-hybridized carbons (Fsp3) is 0.421. The first kappa shape index (κ1) is 19.2. The summed E-state index contributed by atoms with van der Waals surface area (Å²) in [7, 11) is 2.15. The Balaban J connectivity index is 1.67. The summed E-state index contributed by atoms with van der Waals surface area (Å²) in [5, 5.41) is 8.66. The van der Waals surface area contributed by atoms with E-state index in [9.17, 15) is 4.79 Å². The minimum Gasteiger partial charge on any atom is -0.333 e. The van der Waals surface area contributed by atoms with Gasteiger partial charge in [-0.25, -0.2) is 4.79 Å². The number of hydrogen-bond acceptors (Lipinski definition) is 4. The number of thiophene rings is 1. The van der Waals surface area contributed by atoms with Crippen molar-refractivity contribution < 1.29 is 4.79 Å². The van der Waals surface area contributed by atoms with E-state index in [1.807, 2.05) is 12.1 Å². The maximum atomic E-state index is 12.5. The van der Waals surface area contributed by atoms with Gasteiger partial charge in [0.25, 0.3) is 0 Å². The van der Waals surface area contributed by atoms with Crippen molar-refractivity contribution in [1.82, 2.24) is 15.1 Å². The molecule has 0 spiro atoms. The molecule has 0 unspecified atom stereocenters. The smallest absolute Gasteiger partial charge is 0.319 e. The minimum absolute atomic E-state index is 0.0174. The van der Waals surface area contributed by atoms with Crippen LogP contribution < -0.4 is 10.6 Å². The lowest BCUT2D eigenvalue weighted by Gasteiger charge is -2.40. The number of nitrogens with zero attached hydrogens (tertiary/aromatic N) is 2. The van der Waals surface area contributed by atoms with Crippen molar-refractivity contribution in [1.29, 1.82) is 0 Å². The molecular formula is C19H25ClN4OS. The number of hydrogen-bond donors (Lipinski definition) is 2. The van der Waals surface area contributed by atoms with Gasteiger partial charge >= 0.3 is 6.03 Å². The van der Waals surface area contributed by atoms with Crippen LogP contribution in [0.15, 0.2) is 41.8 Å². The van der Waals surface area contributed by atoms with Gasteiger partial charge in [0, 0.05) is 47.8 Å². The second-order valence-electron chi connectivity index (χ2n) is 6.70. The van der Waals surface area contributed by atoms with Crippen LogP contribution in [0.3, 0.4) is 0 Å². The predicted octanol–water partition coefficient (Wildman–Crippen LogP) is 3.90. The third kappa shape index (κ3) is 4.98. The Labute approximate surface area is 163 Å². The summed E-state index contributed by atoms with van der Waals surface area (Å²) >= 11 is 7.73. The first-order valence-electron chi connectivity index (χ1n) is 8.82. The van der Waals surface area contributed by atoms with E-state index >= 15 is 0 Å². The third-order valence-electron chi connectivity index (χ3n) is 4.68. The van der Waals surface area contributed by atoms with Crippen LogP contribution in [0, 0.1) is 0 Å². The number of anilines is 1. The number of piperazine rings is 1. The van der Waals surface area contributed by atoms with Gasteiger partial charge in [0.1, 0.15) is 0 Å². The Bertz CT molecular complexity index is 716. The van der Waals surface area contributed by atoms with Crippen LogP contribution in [0.5, 0.6) is 0 Å². The van der Waals surface area contributed by atoms with Gasteiger partial charge in [-0.1, -0.05) is 23.7 Å². The molecule has 1 saturated heterocycles. The molecule has 0 bridgehead atoms. The molecule has 0 aliphatic carbocycles. The van der Waals surface area contributed by atoms with Gasteiger partial charge in [0.2, 0.25) is 0 Å². The molecule has 1 aliphatic heterocycles. The first-order valence-corrected chi connectivity index (χ1v) is 10.1. The Kier molecular flexibility index (Phi) is 6.53. The van der Waals surface area contributed by atoms with Gasteiger partial charge in [-0.15, -0.1) is 11.3 Å². The molecule has 2 aromatic rings. The van der Waals surface area contributed by atoms with E-state index in [0.29, 0.717) is 10.7 Å². The second kappa shape index (κ2) is 8.86. The number of nitrogens with one attached hydrogen (secondary N) is 2. The minimum atomic E-state index is -0.213. The van der Waals surface area contributed by atoms with Gasteiger partial charge in [-0.2, -0.15) is 0 Å². The van der Waals surface area contributed by atoms with E-state index in [1.165, 1.54) is 4.88 Å². The fourth-order valence-electron chi connectivity index (χ4n) is 3.32. The topological polar surface area (TPSA) is 47.6 Å². The molecule has 7 heteroatoms. The van der Waals surface area contributed by atoms with Crippen LogP contribution in [-0.4, -0.2) is 55.1 Å². The average molecular weight is 393 g/mol. The number of benzene rings is 1. The van der Waals surface area contributed by atoms with E-state index in [1.54, 1.807) is 23.5 Å². The molecule has 1 aromatic carbocycles. The fourth-order valence-corrected chi connectivity index (χ4v) is 4.48. The lowest BCUT2D eigenvalue weighted by molar-refractivity contribution is 0.0971. The van der Waals surface area contributed by atoms with Crippen LogP contribution >= 0.6 is 22.9 Å². The van der Waals surface area contributed by atoms with E-state index in [0.717, 1.165) is 26.2 Å². The molecule has 2 amide bonds. The van der Waals surface area contributed by atoms with E-state index in [2.05, 4.69) is 51.9 Å². The summed E-state index contributed by atoms with van der Waals surface area (Å²) in [6, 6.07) is 11.3. The van der Waals surface area contributed by atoms with Gasteiger partial charge in [0.05, 0.1) is 6.04 Å². The quantitative estimate of drug-likeness (QED) is 0.811. The van der Waals surface area contributed by atoms with E-state index < -0.39 is 0 Å². The lowest BCUT2D eigenvalue weighted by atomic mass is 10.1. The largest absolute Gasteiger partial charge is 0.333 e. The molecule has 3 rings (SSSR count). The number of carbonyl (C=O) groups is 1. The SMILES string of the molecule is C[C@H](NC(=O)Nc1cccc(Cl)c1)[C@@H](c1cccs1)N1CCN(C)CC1. The second-order valence-corrected chi connectivity index (χ2v) is 8.11. The molecule has 0 radical (unpaired) electrons. The van der Waals surface area contributed by atoms with Crippen LogP contribution in [0.1, 0.15) is 17.8 Å². The van der Waals surface area contributed by atoms with Gasteiger partial charge in [-0.3, -0.25) is 4.90 Å². The van der Waals surface area contributed by atoms with Crippen LogP contribution in [0.4, 0.5) is 10.5 Å². The van der Waals surface area contributed by atoms with Crippen LogP contribution in [-0.2, 0) is 0 Å². The number of halogens is 1. The summed E-state index contributed by atoms with van der Waals surface area (Å²) in [5.41, 5.74) is 0.689. The summed E-state index contributed by atoms with van der Waals surface area (Å²) in [6.07, 6.45) is 0. The van der Waals surface area contributed by atoms with Crippen molar-refractivity contribution in [2.75, 3.05) is 38.5 Å². The molecule has 26 heavy (non-hydrogen) atoms. The standard InChI is InChI=1S/C19H25ClN4OS/c1-14(21-19(25)22-16-6-3-5-15(20)13-16)18(17-7-4-12-26-17)24-10-8-23(2)9-11-24/h3-7,12-14,18H,8-11H2,1-2H3,(H2,21,22,25)/t14-,18-/m0/s1. The van der Waals surface area contributed by atoms with Crippen molar-refractivity contribution in [2.24, 2.45) is 0 Å². The summed E-state index contributed by atoms with van der Waals surface area (Å²) in [5.74, 6) is 0. The van der Waals surface area contributed by atoms with E-state index in [-0.39, 0.29) is 18.1 Å². The van der Waals surface area contributed by atoms with Crippen LogP contribution in [0.2, 0.25) is 5.02 Å². The lowest BCUT2D eigenvalue weighted by Crippen LogP contribution is -2.51. The third-order valence-corrected chi connectivity index (χ3v) is 5.86. The molecule has 2 heterocycles. The normalized spacial score (nSPS) is 18.3. The number of carbonyl (C=O) groups excluding carboxylic acids is 1. The average Bonchev–Trinajstić information content (AvgIpc) is 3.11. The molecular weight excluding hydrogens is 368 g/mol. The summed E-state index contributed by atoms with van der Waals surface area (Å²) in [4.78, 5) is 18.5. The molecule has 2 N–H and O–H groups in total. The van der Waals surface area contributed by atoms with Crippen molar-refractivity contribution >= 4 is 34.7 Å². The number of urea groups is 1. The van der Waals surface area contributed by atoms with Crippen LogP contribution in [0.25, 0.3) is 0 Å². The predicted molar refractivity (Wildman–Crippen MR) is 109 cm³/mol. The Morgan fingerprint density at radius 2 is 1.96 bits per heavy atom. The first-order chi connectivity index (χ1) is 12.5. The highest BCUT2D eigenvalue weighted by molar-refractivity contribution is 7.10. The highest BCUT2D eigenvalue weighted by atomic mass is 35.5. The van der Waals surface area contributed by atoms with E-state index in [4.69, 9.17) is 11.6 Å². The van der Waals surface area contributed by atoms with Gasteiger partial charge in [-0.05, 0) is 43.6 Å². The van der Waals surface area contributed by atoms with Gasteiger partial charge in [0.15, 0.2) is 0 Å². The molecule has 140 valence electrons. The number of rotatable bonds is 5. The van der Waals surface area contributed by atoms with Crippen molar-refractivity contribution in [3.05, 3.63) is 51.7 Å². The molecule has 1 fully saturated rings. The van der Waals surface area contributed by atoms with Gasteiger partial charge < -0.3 is 15.5 Å². The molecule has 5 nitrogen and oxygen atoms in total. The zero-order chi connectivity index (χ0) is 18.5. The maximum absolute atomic E-state index is 12.5. The molecule has 1 aromatic heterocycles. The molecule has 2 atom stereocenters. The monoisotopic (exact) mass is 392 g/mol. The number of likely N-dealkylation sites (N-methyl/N-ethyl adjacent to an activating group) is 1. The summed E-state index contributed by atoms with van der Waals surface area (Å²) < 4.78 is 0. The Morgan fingerprint density at radius 1 is 1.19 bits per heavy atom. The van der Waals surface area contributed by atoms with Crippen molar-refractivity contribution in [2.45, 2.75) is 19.0 Å². The zero-order valence-electron chi connectivity index (χ0n) is 15.1. The highest BCUT2D eigenvalue weighted by Gasteiger charge is 2.30. The Morgan fingerprint density at radius 3 is 2.62 bits per heavy atom. The zero-order valence-corrected chi connectivity index (χ0v) is 16.7. The molecule has 1 aliphatic rings. The van der Waals surface area contributed by atoms with Crippen molar-refractivity contribution in [3.8, 4) is 0 Å². The highest BCUT2D eigenvalue weighted by Crippen LogP contribution is 2.29. The maximum Gasteiger partial charge on any atom is 0.319 e. The molecule has 0 saturated carbocycles. The Hall–Kier alpha value is -1.60. The van der Waals surface area contributed by atoms with Crippen molar-refractivity contribution in [3.63, 3.8) is 0 Å². The summed E-state index contributed by atoms with van der Waals surface area (Å²) in [6.45, 7) is 6.16.